The number of aromatic hydroxyl groups is 16. The van der Waals surface area contributed by atoms with Crippen LogP contribution in [0.15, 0.2) is 77.2 Å². The summed E-state index contributed by atoms with van der Waals surface area (Å²) in [5, 5.41) is 179. The van der Waals surface area contributed by atoms with Crippen LogP contribution in [0.4, 0.5) is 0 Å². The van der Waals surface area contributed by atoms with Gasteiger partial charge in [0.25, 0.3) is 0 Å². The molecular weight excluding hydrogens is 849 g/mol. The molecule has 17 heteroatoms. The van der Waals surface area contributed by atoms with E-state index in [1.165, 1.54) is 24.3 Å². The van der Waals surface area contributed by atoms with Crippen LogP contribution in [0.2, 0.25) is 0 Å². The van der Waals surface area contributed by atoms with E-state index in [1.807, 2.05) is 0 Å². The van der Waals surface area contributed by atoms with E-state index >= 15 is 0 Å². The molecule has 0 radical (unpaired) electrons. The highest BCUT2D eigenvalue weighted by atomic mass is 16.4. The van der Waals surface area contributed by atoms with Crippen molar-refractivity contribution in [2.75, 3.05) is 0 Å². The average Bonchev–Trinajstić information content (AvgIpc) is 3.68. The highest BCUT2D eigenvalue weighted by molar-refractivity contribution is 6.37. The van der Waals surface area contributed by atoms with E-state index in [4.69, 9.17) is 4.42 Å². The van der Waals surface area contributed by atoms with Gasteiger partial charge in [0.15, 0.2) is 69.0 Å². The van der Waals surface area contributed by atoms with Crippen LogP contribution in [-0.4, -0.2) is 81.7 Å². The van der Waals surface area contributed by atoms with Crippen LogP contribution in [-0.2, 0) is 0 Å². The molecule has 65 heavy (non-hydrogen) atoms. The van der Waals surface area contributed by atoms with E-state index in [1.54, 1.807) is 48.5 Å². The summed E-state index contributed by atoms with van der Waals surface area (Å²) in [6.45, 7) is 0. The number of furan rings is 1. The van der Waals surface area contributed by atoms with Crippen LogP contribution in [0.5, 0.6) is 92.0 Å². The Morgan fingerprint density at radius 1 is 0.231 bits per heavy atom. The topological polar surface area (TPSA) is 337 Å². The second kappa shape index (κ2) is 12.5. The molecule has 10 aromatic carbocycles. The first kappa shape index (κ1) is 38.3. The Labute approximate surface area is 359 Å². The summed E-state index contributed by atoms with van der Waals surface area (Å²) in [4.78, 5) is 0. The third-order valence-corrected chi connectivity index (χ3v) is 12.3. The van der Waals surface area contributed by atoms with Crippen LogP contribution in [0.3, 0.4) is 0 Å². The zero-order valence-corrected chi connectivity index (χ0v) is 32.5. The minimum atomic E-state index is -1.38. The summed E-state index contributed by atoms with van der Waals surface area (Å²) in [5.41, 5.74) is -1.72. The van der Waals surface area contributed by atoms with Gasteiger partial charge in [-0.2, -0.15) is 0 Å². The molecule has 11 rings (SSSR count). The van der Waals surface area contributed by atoms with Gasteiger partial charge >= 0.3 is 0 Å². The highest BCUT2D eigenvalue weighted by Gasteiger charge is 2.38. The maximum absolute atomic E-state index is 12.9. The molecule has 1 aromatic heterocycles. The Kier molecular flexibility index (Phi) is 7.35. The Bertz CT molecular complexity index is 3980. The van der Waals surface area contributed by atoms with Crippen LogP contribution >= 0.6 is 0 Å². The van der Waals surface area contributed by atoms with Crippen molar-refractivity contribution in [3.05, 3.63) is 72.8 Å². The van der Waals surface area contributed by atoms with Crippen LogP contribution < -0.4 is 0 Å². The molecule has 0 spiro atoms. The van der Waals surface area contributed by atoms with E-state index in [0.29, 0.717) is 16.4 Å². The maximum Gasteiger partial charge on any atom is 0.204 e. The Balaban J connectivity index is 1.43. The first-order valence-electron chi connectivity index (χ1n) is 19.2. The fraction of sp³-hybridized carbons (Fsp3) is 0. The molecule has 0 bridgehead atoms. The summed E-state index contributed by atoms with van der Waals surface area (Å²) in [7, 11) is 0. The number of hydrogen-bond donors (Lipinski definition) is 16. The summed E-state index contributed by atoms with van der Waals surface area (Å²) in [6, 6.07) is 19.2. The van der Waals surface area contributed by atoms with Gasteiger partial charge in [0.2, 0.25) is 17.2 Å². The van der Waals surface area contributed by atoms with Crippen molar-refractivity contribution in [1.82, 2.24) is 0 Å². The quantitative estimate of drug-likeness (QED) is 0.0340. The van der Waals surface area contributed by atoms with Crippen LogP contribution in [0, 0.1) is 0 Å². The first-order chi connectivity index (χ1) is 31.0. The molecule has 0 amide bonds. The molecule has 0 atom stereocenters. The lowest BCUT2D eigenvalue weighted by molar-refractivity contribution is 0.351. The summed E-state index contributed by atoms with van der Waals surface area (Å²) in [6.07, 6.45) is 0. The van der Waals surface area contributed by atoms with Gasteiger partial charge in [0, 0.05) is 65.2 Å². The molecule has 0 saturated heterocycles. The SMILES string of the molecule is Oc1c(O)c(O)c2c(-c3ccc4c(c3)oc3ccccc34)c3c(O)c(-c4c(O)c(O)c5c(O)c(O)c6c(O)c(O)c(O)c7c(O)c(O)c4c5c67)c(O)c(O)c3c(-c3ccccc3)c2c1O. The summed E-state index contributed by atoms with van der Waals surface area (Å²) >= 11 is 0. The molecular formula is C48H28O17. The van der Waals surface area contributed by atoms with Gasteiger partial charge in [0.1, 0.15) is 16.9 Å². The molecule has 0 aliphatic carbocycles. The Hall–Kier alpha value is -9.64. The molecule has 0 unspecified atom stereocenters. The van der Waals surface area contributed by atoms with Gasteiger partial charge in [-0.15, -0.1) is 0 Å². The molecule has 16 N–H and O–H groups in total. The smallest absolute Gasteiger partial charge is 0.204 e. The Morgan fingerprint density at radius 2 is 0.600 bits per heavy atom. The minimum absolute atomic E-state index is 0.0337. The van der Waals surface area contributed by atoms with E-state index in [9.17, 15) is 81.7 Å². The second-order valence-electron chi connectivity index (χ2n) is 15.5. The largest absolute Gasteiger partial charge is 0.506 e. The van der Waals surface area contributed by atoms with E-state index < -0.39 is 157 Å². The number of rotatable bonds is 3. The van der Waals surface area contributed by atoms with Crippen molar-refractivity contribution in [3.63, 3.8) is 0 Å². The van der Waals surface area contributed by atoms with Gasteiger partial charge in [-0.05, 0) is 29.3 Å². The number of para-hydroxylation sites is 1. The lowest BCUT2D eigenvalue weighted by Crippen LogP contribution is -1.97. The van der Waals surface area contributed by atoms with Crippen molar-refractivity contribution in [3.8, 4) is 125 Å². The monoisotopic (exact) mass is 876 g/mol. The normalized spacial score (nSPS) is 12.1. The number of fused-ring (bicyclic) bond motifs is 5. The lowest BCUT2D eigenvalue weighted by Gasteiger charge is -2.25. The highest BCUT2D eigenvalue weighted by Crippen LogP contribution is 2.68. The summed E-state index contributed by atoms with van der Waals surface area (Å²) < 4.78 is 6.14. The van der Waals surface area contributed by atoms with E-state index in [-0.39, 0.29) is 27.8 Å². The zero-order chi connectivity index (χ0) is 46.0. The van der Waals surface area contributed by atoms with E-state index in [2.05, 4.69) is 0 Å². The number of hydrogen-bond acceptors (Lipinski definition) is 17. The maximum atomic E-state index is 12.9. The number of benzene rings is 10. The van der Waals surface area contributed by atoms with E-state index in [0.717, 1.165) is 0 Å². The average molecular weight is 877 g/mol. The minimum Gasteiger partial charge on any atom is -0.506 e. The van der Waals surface area contributed by atoms with Gasteiger partial charge in [0.05, 0.1) is 21.7 Å². The molecule has 0 aliphatic rings. The molecule has 0 saturated carbocycles. The first-order valence-corrected chi connectivity index (χ1v) is 19.2. The molecule has 1 heterocycles. The number of phenolic OH excluding ortho intramolecular Hbond substituents is 16. The lowest BCUT2D eigenvalue weighted by atomic mass is 9.81. The summed E-state index contributed by atoms with van der Waals surface area (Å²) in [5.74, 6) is -19.6. The van der Waals surface area contributed by atoms with Crippen molar-refractivity contribution in [2.24, 2.45) is 0 Å². The fourth-order valence-corrected chi connectivity index (χ4v) is 9.51. The van der Waals surface area contributed by atoms with Gasteiger partial charge in [-0.3, -0.25) is 0 Å². The number of phenols is 16. The van der Waals surface area contributed by atoms with Crippen molar-refractivity contribution in [1.29, 1.82) is 0 Å². The fourth-order valence-electron chi connectivity index (χ4n) is 9.51. The molecule has 17 nitrogen and oxygen atoms in total. The molecule has 0 fully saturated rings. The van der Waals surface area contributed by atoms with Gasteiger partial charge in [-0.1, -0.05) is 54.6 Å². The molecule has 0 aliphatic heterocycles. The van der Waals surface area contributed by atoms with Crippen LogP contribution in [0.25, 0.3) is 109 Å². The molecule has 322 valence electrons. The van der Waals surface area contributed by atoms with Crippen molar-refractivity contribution >= 4 is 75.8 Å². The van der Waals surface area contributed by atoms with Crippen molar-refractivity contribution in [2.45, 2.75) is 0 Å². The van der Waals surface area contributed by atoms with Crippen LogP contribution in [0.1, 0.15) is 0 Å². The Morgan fingerprint density at radius 3 is 1.18 bits per heavy atom. The van der Waals surface area contributed by atoms with Gasteiger partial charge in [-0.25, -0.2) is 0 Å². The van der Waals surface area contributed by atoms with Crippen molar-refractivity contribution < 1.29 is 86.1 Å². The third kappa shape index (κ3) is 4.48. The predicted octanol–water partition coefficient (Wildman–Crippen LogP) is 9.08. The standard InChI is InChI=1S/C48H28O17/c49-33-23-20(14-10-11-16-15-8-4-5-9-17(15)65-18(16)12-14)26-25(37(53)47(63)48(64)38(26)54)19(13-6-2-1-3-7-13)24(23)34(50)43(59)32(33)28-27-21-22-30(40(56)35(27)51)44(60)46(62)45(61)31(22)42(58)41(57)29(21)39(55)36(28)52/h1-12,49-64H. The predicted molar refractivity (Wildman–Crippen MR) is 235 cm³/mol. The third-order valence-electron chi connectivity index (χ3n) is 12.3. The second-order valence-corrected chi connectivity index (χ2v) is 15.5. The molecule has 11 aromatic rings. The van der Waals surface area contributed by atoms with Gasteiger partial charge < -0.3 is 86.1 Å². The zero-order valence-electron chi connectivity index (χ0n) is 32.5.